The average Bonchev–Trinajstić information content (AvgIpc) is 3.15. The van der Waals surface area contributed by atoms with Gasteiger partial charge in [-0.3, -0.25) is 9.69 Å². The molecule has 2 bridgehead atoms. The van der Waals surface area contributed by atoms with E-state index in [0.29, 0.717) is 36.5 Å². The van der Waals surface area contributed by atoms with E-state index in [4.69, 9.17) is 4.74 Å². The summed E-state index contributed by atoms with van der Waals surface area (Å²) < 4.78 is 6.24. The third-order valence-corrected chi connectivity index (χ3v) is 8.44. The van der Waals surface area contributed by atoms with E-state index in [9.17, 15) is 10.1 Å². The van der Waals surface area contributed by atoms with Crippen LogP contribution >= 0.6 is 0 Å². The standard InChI is InChI=1S/C22H21N3O2/c23-10-12-1-2-16-15(7-12)22-4-5-24-11-13-3-6-27-17-9-19(26)25(16)21(22)20(17)14(13)8-18(22)24/h1-3,7,14,17-18,20-21H,4-6,8-9,11H2. The van der Waals surface area contributed by atoms with Gasteiger partial charge in [0, 0.05) is 29.6 Å². The van der Waals surface area contributed by atoms with Gasteiger partial charge in [0.1, 0.15) is 0 Å². The normalized spacial score (nSPS) is 43.1. The topological polar surface area (TPSA) is 56.6 Å². The maximum atomic E-state index is 13.3. The molecule has 1 aromatic carbocycles. The summed E-state index contributed by atoms with van der Waals surface area (Å²) in [6.45, 7) is 2.78. The van der Waals surface area contributed by atoms with Crippen molar-refractivity contribution < 1.29 is 9.53 Å². The van der Waals surface area contributed by atoms with Gasteiger partial charge in [0.05, 0.1) is 36.8 Å². The molecule has 1 amide bonds. The molecule has 4 fully saturated rings. The number of nitriles is 1. The van der Waals surface area contributed by atoms with Crippen molar-refractivity contribution in [3.8, 4) is 6.07 Å². The Morgan fingerprint density at radius 1 is 1.33 bits per heavy atom. The Kier molecular flexibility index (Phi) is 2.54. The molecule has 1 spiro atoms. The van der Waals surface area contributed by atoms with Crippen LogP contribution in [0.4, 0.5) is 5.69 Å². The summed E-state index contributed by atoms with van der Waals surface area (Å²) in [6.07, 6.45) is 5.08. The number of anilines is 1. The van der Waals surface area contributed by atoms with Crippen molar-refractivity contribution in [1.29, 1.82) is 5.26 Å². The Balaban J connectivity index is 1.54. The number of carbonyl (C=O) groups is 1. The number of carbonyl (C=O) groups excluding carboxylic acids is 1. The molecule has 7 rings (SSSR count). The van der Waals surface area contributed by atoms with Crippen LogP contribution in [-0.4, -0.2) is 48.7 Å². The van der Waals surface area contributed by atoms with Crippen molar-refractivity contribution in [2.45, 2.75) is 42.9 Å². The zero-order chi connectivity index (χ0) is 17.9. The highest BCUT2D eigenvalue weighted by Crippen LogP contribution is 2.65. The highest BCUT2D eigenvalue weighted by Gasteiger charge is 2.71. The van der Waals surface area contributed by atoms with Crippen LogP contribution in [0.1, 0.15) is 30.4 Å². The predicted octanol–water partition coefficient (Wildman–Crippen LogP) is 1.96. The molecule has 6 aliphatic rings. The quantitative estimate of drug-likeness (QED) is 0.665. The number of hydrogen-bond acceptors (Lipinski definition) is 4. The number of rotatable bonds is 0. The van der Waals surface area contributed by atoms with E-state index in [-0.39, 0.29) is 23.5 Å². The Morgan fingerprint density at radius 3 is 3.15 bits per heavy atom. The van der Waals surface area contributed by atoms with Crippen LogP contribution in [0.2, 0.25) is 0 Å². The molecule has 6 atom stereocenters. The number of benzene rings is 1. The van der Waals surface area contributed by atoms with Crippen LogP contribution in [0.3, 0.4) is 0 Å². The SMILES string of the molecule is N#Cc1ccc2c(c1)C13CCN4CC5=CCOC6CC(=O)N2C1C6C5CC43. The van der Waals surface area contributed by atoms with Crippen LogP contribution in [0.25, 0.3) is 0 Å². The summed E-state index contributed by atoms with van der Waals surface area (Å²) in [5.74, 6) is 1.12. The van der Waals surface area contributed by atoms with Crippen molar-refractivity contribution in [1.82, 2.24) is 4.90 Å². The molecular weight excluding hydrogens is 338 g/mol. The van der Waals surface area contributed by atoms with Crippen molar-refractivity contribution in [3.05, 3.63) is 41.0 Å². The molecule has 3 saturated heterocycles. The van der Waals surface area contributed by atoms with E-state index in [1.807, 2.05) is 12.1 Å². The first-order valence-corrected chi connectivity index (χ1v) is 10.1. The lowest BCUT2D eigenvalue weighted by Crippen LogP contribution is -2.69. The molecule has 5 aliphatic heterocycles. The zero-order valence-electron chi connectivity index (χ0n) is 15.1. The summed E-state index contributed by atoms with van der Waals surface area (Å²) >= 11 is 0. The zero-order valence-corrected chi connectivity index (χ0v) is 15.1. The van der Waals surface area contributed by atoms with Gasteiger partial charge in [-0.05, 0) is 49.1 Å². The first-order chi connectivity index (χ1) is 13.2. The second-order valence-electron chi connectivity index (χ2n) is 9.10. The van der Waals surface area contributed by atoms with Gasteiger partial charge in [0.25, 0.3) is 0 Å². The van der Waals surface area contributed by atoms with Gasteiger partial charge >= 0.3 is 0 Å². The molecule has 1 aliphatic carbocycles. The number of fused-ring (bicyclic) bond motifs is 2. The molecule has 5 heterocycles. The summed E-state index contributed by atoms with van der Waals surface area (Å²) in [6, 6.07) is 8.97. The fourth-order valence-corrected chi connectivity index (χ4v) is 7.62. The molecule has 27 heavy (non-hydrogen) atoms. The van der Waals surface area contributed by atoms with Gasteiger partial charge in [0.2, 0.25) is 5.91 Å². The average molecular weight is 359 g/mol. The molecule has 0 N–H and O–H groups in total. The summed E-state index contributed by atoms with van der Waals surface area (Å²) in [5, 5.41) is 9.50. The Labute approximate surface area is 158 Å². The lowest BCUT2D eigenvalue weighted by atomic mass is 9.53. The minimum Gasteiger partial charge on any atom is -0.373 e. The van der Waals surface area contributed by atoms with E-state index < -0.39 is 0 Å². The van der Waals surface area contributed by atoms with E-state index in [0.717, 1.165) is 25.2 Å². The number of piperidine rings is 2. The Morgan fingerprint density at radius 2 is 2.26 bits per heavy atom. The van der Waals surface area contributed by atoms with Crippen LogP contribution in [0.15, 0.2) is 29.8 Å². The molecule has 0 radical (unpaired) electrons. The minimum atomic E-state index is -0.0308. The minimum absolute atomic E-state index is 0.0308. The van der Waals surface area contributed by atoms with Gasteiger partial charge in [-0.25, -0.2) is 0 Å². The number of hydrogen-bond donors (Lipinski definition) is 0. The van der Waals surface area contributed by atoms with Gasteiger partial charge in [-0.1, -0.05) is 11.6 Å². The fourth-order valence-electron chi connectivity index (χ4n) is 7.62. The van der Waals surface area contributed by atoms with Gasteiger partial charge in [-0.15, -0.1) is 0 Å². The second-order valence-corrected chi connectivity index (χ2v) is 9.10. The summed E-state index contributed by atoms with van der Waals surface area (Å²) in [5.41, 5.74) is 4.53. The Hall–Kier alpha value is -2.16. The van der Waals surface area contributed by atoms with Crippen molar-refractivity contribution >= 4 is 11.6 Å². The first-order valence-electron chi connectivity index (χ1n) is 10.1. The fraction of sp³-hybridized carbons (Fsp3) is 0.545. The molecule has 6 unspecified atom stereocenters. The number of ether oxygens (including phenoxy) is 1. The van der Waals surface area contributed by atoms with Crippen molar-refractivity contribution in [3.63, 3.8) is 0 Å². The molecular formula is C22H21N3O2. The van der Waals surface area contributed by atoms with E-state index in [1.165, 1.54) is 17.6 Å². The van der Waals surface area contributed by atoms with E-state index in [2.05, 4.69) is 28.0 Å². The number of nitrogens with zero attached hydrogens (tertiary/aromatic N) is 3. The second kappa shape index (κ2) is 4.63. The van der Waals surface area contributed by atoms with Gasteiger partial charge in [0.15, 0.2) is 0 Å². The predicted molar refractivity (Wildman–Crippen MR) is 98.1 cm³/mol. The summed E-state index contributed by atoms with van der Waals surface area (Å²) in [7, 11) is 0. The lowest BCUT2D eigenvalue weighted by molar-refractivity contribution is -0.132. The van der Waals surface area contributed by atoms with Crippen LogP contribution < -0.4 is 4.90 Å². The first kappa shape index (κ1) is 14.8. The third-order valence-electron chi connectivity index (χ3n) is 8.44. The molecule has 5 nitrogen and oxygen atoms in total. The van der Waals surface area contributed by atoms with Crippen molar-refractivity contribution in [2.75, 3.05) is 24.6 Å². The van der Waals surface area contributed by atoms with Crippen LogP contribution in [-0.2, 0) is 14.9 Å². The molecule has 0 aromatic heterocycles. The lowest BCUT2D eigenvalue weighted by Gasteiger charge is -2.58. The largest absolute Gasteiger partial charge is 0.373 e. The monoisotopic (exact) mass is 359 g/mol. The summed E-state index contributed by atoms with van der Waals surface area (Å²) in [4.78, 5) is 18.0. The van der Waals surface area contributed by atoms with Gasteiger partial charge in [-0.2, -0.15) is 5.26 Å². The Bertz CT molecular complexity index is 978. The van der Waals surface area contributed by atoms with Crippen molar-refractivity contribution in [2.24, 2.45) is 11.8 Å². The molecule has 5 heteroatoms. The highest BCUT2D eigenvalue weighted by molar-refractivity contribution is 5.99. The van der Waals surface area contributed by atoms with Crippen LogP contribution in [0.5, 0.6) is 0 Å². The maximum Gasteiger partial charge on any atom is 0.229 e. The smallest absolute Gasteiger partial charge is 0.229 e. The molecule has 1 aromatic rings. The number of amides is 1. The van der Waals surface area contributed by atoms with E-state index in [1.54, 1.807) is 0 Å². The molecule has 136 valence electrons. The molecule has 1 saturated carbocycles. The highest BCUT2D eigenvalue weighted by atomic mass is 16.5. The van der Waals surface area contributed by atoms with E-state index >= 15 is 0 Å². The third kappa shape index (κ3) is 1.51. The maximum absolute atomic E-state index is 13.3. The van der Waals surface area contributed by atoms with Crippen LogP contribution in [0, 0.1) is 23.2 Å². The van der Waals surface area contributed by atoms with Gasteiger partial charge < -0.3 is 9.64 Å².